The molecule has 0 bridgehead atoms. The van der Waals surface area contributed by atoms with E-state index in [0.29, 0.717) is 28.3 Å². The molecule has 1 aliphatic heterocycles. The second kappa shape index (κ2) is 8.89. The Morgan fingerprint density at radius 1 is 0.939 bits per heavy atom. The number of fused-ring (bicyclic) bond motifs is 1. The summed E-state index contributed by atoms with van der Waals surface area (Å²) < 4.78 is 18.9. The summed E-state index contributed by atoms with van der Waals surface area (Å²) in [4.78, 5) is 17.2. The number of hydrogen-bond acceptors (Lipinski definition) is 5. The highest BCUT2D eigenvalue weighted by atomic mass is 35.5. The molecule has 0 atom stereocenters. The van der Waals surface area contributed by atoms with Crippen molar-refractivity contribution in [2.75, 3.05) is 31.1 Å². The summed E-state index contributed by atoms with van der Waals surface area (Å²) in [5.41, 5.74) is 2.70. The molecule has 168 valence electrons. The monoisotopic (exact) mass is 464 g/mol. The number of phenolic OH excluding ortho intramolecular Hbond substituents is 1. The van der Waals surface area contributed by atoms with E-state index in [1.807, 2.05) is 0 Å². The van der Waals surface area contributed by atoms with Crippen LogP contribution in [0, 0.1) is 5.82 Å². The van der Waals surface area contributed by atoms with Crippen molar-refractivity contribution < 1.29 is 13.9 Å². The van der Waals surface area contributed by atoms with E-state index < -0.39 is 5.63 Å². The number of hydrogen-bond donors (Lipinski definition) is 1. The Kier molecular flexibility index (Phi) is 5.79. The van der Waals surface area contributed by atoms with Gasteiger partial charge >= 0.3 is 5.63 Å². The maximum atomic E-state index is 13.2. The van der Waals surface area contributed by atoms with E-state index in [4.69, 9.17) is 16.0 Å². The van der Waals surface area contributed by atoms with Crippen molar-refractivity contribution in [2.24, 2.45) is 0 Å². The Hall–Kier alpha value is -3.35. The molecule has 1 aliphatic rings. The number of piperazine rings is 1. The molecule has 1 aromatic heterocycles. The minimum Gasteiger partial charge on any atom is -0.507 e. The minimum atomic E-state index is -0.460. The van der Waals surface area contributed by atoms with Gasteiger partial charge < -0.3 is 14.4 Å². The zero-order valence-electron chi connectivity index (χ0n) is 17.8. The van der Waals surface area contributed by atoms with E-state index >= 15 is 0 Å². The van der Waals surface area contributed by atoms with Crippen LogP contribution in [0.5, 0.6) is 5.75 Å². The number of phenols is 1. The molecule has 5 rings (SSSR count). The molecule has 3 aromatic carbocycles. The molecule has 0 saturated carbocycles. The number of anilines is 1. The summed E-state index contributed by atoms with van der Waals surface area (Å²) in [6.07, 6.45) is 0. The van der Waals surface area contributed by atoms with Crippen LogP contribution in [0.1, 0.15) is 5.56 Å². The van der Waals surface area contributed by atoms with Crippen LogP contribution in [-0.4, -0.2) is 36.2 Å². The maximum absolute atomic E-state index is 13.2. The van der Waals surface area contributed by atoms with Crippen LogP contribution >= 0.6 is 11.6 Å². The Morgan fingerprint density at radius 2 is 1.64 bits per heavy atom. The first-order valence-corrected chi connectivity index (χ1v) is 11.1. The molecule has 4 aromatic rings. The van der Waals surface area contributed by atoms with Crippen molar-refractivity contribution in [3.05, 3.63) is 93.6 Å². The number of halogens is 2. The lowest BCUT2D eigenvalue weighted by atomic mass is 10.0. The van der Waals surface area contributed by atoms with E-state index in [-0.39, 0.29) is 11.6 Å². The van der Waals surface area contributed by atoms with Crippen molar-refractivity contribution >= 4 is 28.3 Å². The van der Waals surface area contributed by atoms with Crippen LogP contribution < -0.4 is 10.5 Å². The second-order valence-electron chi connectivity index (χ2n) is 8.18. The fraction of sp³-hybridized carbons (Fsp3) is 0.192. The van der Waals surface area contributed by atoms with Gasteiger partial charge in [0.25, 0.3) is 0 Å². The maximum Gasteiger partial charge on any atom is 0.344 e. The number of benzene rings is 3. The predicted octanol–water partition coefficient (Wildman–Crippen LogP) is 5.28. The first kappa shape index (κ1) is 21.5. The number of aromatic hydroxyl groups is 1. The molecule has 1 fully saturated rings. The largest absolute Gasteiger partial charge is 0.507 e. The zero-order valence-corrected chi connectivity index (χ0v) is 18.6. The van der Waals surface area contributed by atoms with E-state index in [9.17, 15) is 14.3 Å². The molecule has 0 unspecified atom stereocenters. The first-order chi connectivity index (χ1) is 16.0. The zero-order chi connectivity index (χ0) is 22.9. The Morgan fingerprint density at radius 3 is 2.33 bits per heavy atom. The Labute approximate surface area is 195 Å². The average molecular weight is 465 g/mol. The second-order valence-corrected chi connectivity index (χ2v) is 8.61. The molecule has 33 heavy (non-hydrogen) atoms. The third-order valence-electron chi connectivity index (χ3n) is 6.08. The van der Waals surface area contributed by atoms with Crippen molar-refractivity contribution in [1.29, 1.82) is 0 Å². The topological polar surface area (TPSA) is 56.9 Å². The molecule has 5 nitrogen and oxygen atoms in total. The average Bonchev–Trinajstić information content (AvgIpc) is 2.82. The molecule has 0 radical (unpaired) electrons. The lowest BCUT2D eigenvalue weighted by molar-refractivity contribution is 0.246. The lowest BCUT2D eigenvalue weighted by Gasteiger charge is -2.36. The van der Waals surface area contributed by atoms with Gasteiger partial charge in [0.05, 0.1) is 11.1 Å². The summed E-state index contributed by atoms with van der Waals surface area (Å²) in [7, 11) is 0. The van der Waals surface area contributed by atoms with Crippen molar-refractivity contribution in [1.82, 2.24) is 4.90 Å². The normalized spacial score (nSPS) is 14.7. The molecule has 0 amide bonds. The highest BCUT2D eigenvalue weighted by Crippen LogP contribution is 2.31. The van der Waals surface area contributed by atoms with Crippen LogP contribution in [0.3, 0.4) is 0 Å². The fourth-order valence-corrected chi connectivity index (χ4v) is 4.38. The third-order valence-corrected chi connectivity index (χ3v) is 6.33. The molecule has 1 saturated heterocycles. The van der Waals surface area contributed by atoms with Crippen LogP contribution in [0.4, 0.5) is 10.1 Å². The molecule has 7 heteroatoms. The van der Waals surface area contributed by atoms with Gasteiger partial charge in [-0.2, -0.15) is 0 Å². The van der Waals surface area contributed by atoms with E-state index in [1.165, 1.54) is 12.1 Å². The smallest absolute Gasteiger partial charge is 0.344 e. The highest BCUT2D eigenvalue weighted by Gasteiger charge is 2.21. The summed E-state index contributed by atoms with van der Waals surface area (Å²) in [5.74, 6) is -0.143. The lowest BCUT2D eigenvalue weighted by Crippen LogP contribution is -2.46. The van der Waals surface area contributed by atoms with Crippen LogP contribution in [0.25, 0.3) is 22.1 Å². The molecule has 0 spiro atoms. The quantitative estimate of drug-likeness (QED) is 0.416. The third kappa shape index (κ3) is 4.45. The molecule has 0 aliphatic carbocycles. The Bertz CT molecular complexity index is 1350. The van der Waals surface area contributed by atoms with Crippen LogP contribution in [0.15, 0.2) is 75.9 Å². The summed E-state index contributed by atoms with van der Waals surface area (Å²) in [5, 5.41) is 11.9. The van der Waals surface area contributed by atoms with Gasteiger partial charge in [0, 0.05) is 48.8 Å². The van der Waals surface area contributed by atoms with Gasteiger partial charge in [0.1, 0.15) is 17.1 Å². The SMILES string of the molecule is O=c1oc2c(CN3CCN(c4ccc(F)cc4)CC3)c(O)ccc2cc1-c1ccc(Cl)cc1. The van der Waals surface area contributed by atoms with Gasteiger partial charge in [-0.25, -0.2) is 9.18 Å². The van der Waals surface area contributed by atoms with E-state index in [0.717, 1.165) is 42.8 Å². The first-order valence-electron chi connectivity index (χ1n) is 10.8. The van der Waals surface area contributed by atoms with Gasteiger partial charge in [-0.1, -0.05) is 23.7 Å². The van der Waals surface area contributed by atoms with E-state index in [2.05, 4.69) is 9.80 Å². The minimum absolute atomic E-state index is 0.103. The molecule has 2 heterocycles. The standard InChI is InChI=1S/C26H22ClFN2O3/c27-19-4-1-17(2-5-19)22-15-18-3-10-24(31)23(25(18)33-26(22)32)16-29-11-13-30(14-12-29)21-8-6-20(28)7-9-21/h1-10,15,31H,11-14,16H2. The van der Waals surface area contributed by atoms with E-state index in [1.54, 1.807) is 54.6 Å². The van der Waals surface area contributed by atoms with Crippen molar-refractivity contribution in [2.45, 2.75) is 6.54 Å². The highest BCUT2D eigenvalue weighted by molar-refractivity contribution is 6.30. The number of rotatable bonds is 4. The Balaban J connectivity index is 1.38. The summed E-state index contributed by atoms with van der Waals surface area (Å²) >= 11 is 5.96. The van der Waals surface area contributed by atoms with Crippen LogP contribution in [-0.2, 0) is 6.54 Å². The molecule has 1 N–H and O–H groups in total. The fourth-order valence-electron chi connectivity index (χ4n) is 4.25. The van der Waals surface area contributed by atoms with Gasteiger partial charge in [-0.15, -0.1) is 0 Å². The predicted molar refractivity (Wildman–Crippen MR) is 128 cm³/mol. The van der Waals surface area contributed by atoms with Crippen molar-refractivity contribution in [3.63, 3.8) is 0 Å². The number of nitrogens with zero attached hydrogens (tertiary/aromatic N) is 2. The van der Waals surface area contributed by atoms with Gasteiger partial charge in [0.2, 0.25) is 0 Å². The summed E-state index contributed by atoms with van der Waals surface area (Å²) in [6.45, 7) is 3.55. The van der Waals surface area contributed by atoms with Crippen molar-refractivity contribution in [3.8, 4) is 16.9 Å². The van der Waals surface area contributed by atoms with Crippen LogP contribution in [0.2, 0.25) is 5.02 Å². The van der Waals surface area contributed by atoms with Gasteiger partial charge in [-0.05, 0) is 60.2 Å². The van der Waals surface area contributed by atoms with Gasteiger partial charge in [0.15, 0.2) is 0 Å². The molecular formula is C26H22ClFN2O3. The molecular weight excluding hydrogens is 443 g/mol. The van der Waals surface area contributed by atoms with Gasteiger partial charge in [-0.3, -0.25) is 4.90 Å². The summed E-state index contributed by atoms with van der Waals surface area (Å²) in [6, 6.07) is 18.7.